The van der Waals surface area contributed by atoms with Gasteiger partial charge >= 0.3 is 0 Å². The van der Waals surface area contributed by atoms with Gasteiger partial charge in [0.05, 0.1) is 6.04 Å². The number of nitrogens with zero attached hydrogens (tertiary/aromatic N) is 2. The van der Waals surface area contributed by atoms with Crippen molar-refractivity contribution >= 4 is 11.8 Å². The van der Waals surface area contributed by atoms with Crippen molar-refractivity contribution in [3.8, 4) is 0 Å². The van der Waals surface area contributed by atoms with Gasteiger partial charge in [-0.2, -0.15) is 0 Å². The highest BCUT2D eigenvalue weighted by molar-refractivity contribution is 6.07. The summed E-state index contributed by atoms with van der Waals surface area (Å²) in [7, 11) is 0. The number of benzene rings is 2. The van der Waals surface area contributed by atoms with E-state index >= 15 is 0 Å². The van der Waals surface area contributed by atoms with Crippen molar-refractivity contribution in [3.63, 3.8) is 0 Å². The summed E-state index contributed by atoms with van der Waals surface area (Å²) in [6.07, 6.45) is 0.879. The molecule has 3 aliphatic heterocycles. The number of piperazine rings is 1. The van der Waals surface area contributed by atoms with E-state index in [2.05, 4.69) is 12.1 Å². The van der Waals surface area contributed by atoms with Crippen LogP contribution in [0.1, 0.15) is 40.0 Å². The van der Waals surface area contributed by atoms with Gasteiger partial charge in [-0.25, -0.2) is 0 Å². The van der Waals surface area contributed by atoms with Crippen molar-refractivity contribution in [2.24, 2.45) is 0 Å². The molecule has 5 rings (SSSR count). The van der Waals surface area contributed by atoms with E-state index in [0.717, 1.165) is 18.5 Å². The smallest absolute Gasteiger partial charge is 0.255 e. The van der Waals surface area contributed by atoms with Crippen molar-refractivity contribution in [2.45, 2.75) is 24.9 Å². The minimum absolute atomic E-state index is 0.0239. The van der Waals surface area contributed by atoms with Crippen molar-refractivity contribution in [3.05, 3.63) is 70.8 Å². The summed E-state index contributed by atoms with van der Waals surface area (Å²) >= 11 is 0. The Hall–Kier alpha value is -2.62. The summed E-state index contributed by atoms with van der Waals surface area (Å²) in [4.78, 5) is 30.1. The lowest BCUT2D eigenvalue weighted by Crippen LogP contribution is -2.63. The van der Waals surface area contributed by atoms with Crippen LogP contribution in [-0.4, -0.2) is 34.7 Å². The Balaban J connectivity index is 1.67. The van der Waals surface area contributed by atoms with E-state index in [4.69, 9.17) is 0 Å². The summed E-state index contributed by atoms with van der Waals surface area (Å²) in [6, 6.07) is 15.8. The first-order valence-corrected chi connectivity index (χ1v) is 8.42. The molecule has 3 aliphatic rings. The molecule has 2 aromatic rings. The van der Waals surface area contributed by atoms with E-state index < -0.39 is 5.54 Å². The van der Waals surface area contributed by atoms with Gasteiger partial charge in [0.25, 0.3) is 11.8 Å². The standard InChI is InChI=1S/C20H18N2O2/c1-20-16-9-5-4-8-15(16)18(23)22(20)12-17-14-7-3-2-6-13(14)10-11-21(17)19(20)24/h2-9,17H,10-12H2,1H3/t17-,20+/m1/s1. The summed E-state index contributed by atoms with van der Waals surface area (Å²) in [5, 5.41) is 0. The first kappa shape index (κ1) is 13.8. The van der Waals surface area contributed by atoms with Crippen molar-refractivity contribution in [2.75, 3.05) is 13.1 Å². The maximum atomic E-state index is 13.4. The molecule has 0 aromatic heterocycles. The van der Waals surface area contributed by atoms with E-state index in [1.807, 2.05) is 48.2 Å². The van der Waals surface area contributed by atoms with Crippen LogP contribution in [0.2, 0.25) is 0 Å². The van der Waals surface area contributed by atoms with Gasteiger partial charge in [-0.15, -0.1) is 0 Å². The number of fused-ring (bicyclic) bond motifs is 6. The highest BCUT2D eigenvalue weighted by atomic mass is 16.2. The molecule has 0 spiro atoms. The molecule has 1 fully saturated rings. The van der Waals surface area contributed by atoms with Crippen molar-refractivity contribution in [1.29, 1.82) is 0 Å². The Morgan fingerprint density at radius 1 is 1.04 bits per heavy atom. The third-order valence-corrected chi connectivity index (χ3v) is 5.91. The highest BCUT2D eigenvalue weighted by Gasteiger charge is 2.58. The zero-order chi connectivity index (χ0) is 16.5. The number of carbonyl (C=O) groups excluding carboxylic acids is 2. The highest BCUT2D eigenvalue weighted by Crippen LogP contribution is 2.47. The van der Waals surface area contributed by atoms with Crippen LogP contribution in [-0.2, 0) is 16.8 Å². The Morgan fingerprint density at radius 3 is 2.67 bits per heavy atom. The molecule has 2 amide bonds. The molecule has 1 saturated heterocycles. The number of carbonyl (C=O) groups is 2. The minimum Gasteiger partial charge on any atom is -0.331 e. The molecule has 0 radical (unpaired) electrons. The van der Waals surface area contributed by atoms with Gasteiger partial charge in [0.2, 0.25) is 0 Å². The molecule has 2 aromatic carbocycles. The monoisotopic (exact) mass is 318 g/mol. The predicted molar refractivity (Wildman–Crippen MR) is 89.4 cm³/mol. The Morgan fingerprint density at radius 2 is 1.79 bits per heavy atom. The minimum atomic E-state index is -0.865. The third kappa shape index (κ3) is 1.49. The molecule has 4 heteroatoms. The molecule has 2 atom stereocenters. The first-order valence-electron chi connectivity index (χ1n) is 8.42. The van der Waals surface area contributed by atoms with Crippen LogP contribution in [0, 0.1) is 0 Å². The van der Waals surface area contributed by atoms with Gasteiger partial charge in [-0.1, -0.05) is 42.5 Å². The molecule has 0 saturated carbocycles. The second kappa shape index (κ2) is 4.47. The molecule has 0 aliphatic carbocycles. The van der Waals surface area contributed by atoms with Gasteiger partial charge in [0.1, 0.15) is 5.54 Å². The Bertz CT molecular complexity index is 891. The topological polar surface area (TPSA) is 40.6 Å². The van der Waals surface area contributed by atoms with E-state index in [0.29, 0.717) is 12.1 Å². The van der Waals surface area contributed by atoms with Gasteiger partial charge in [0, 0.05) is 18.7 Å². The van der Waals surface area contributed by atoms with Crippen LogP contribution in [0.25, 0.3) is 0 Å². The van der Waals surface area contributed by atoms with E-state index in [1.165, 1.54) is 11.1 Å². The van der Waals surface area contributed by atoms with E-state index in [1.54, 1.807) is 4.90 Å². The van der Waals surface area contributed by atoms with Crippen molar-refractivity contribution < 1.29 is 9.59 Å². The Labute approximate surface area is 140 Å². The number of hydrogen-bond donors (Lipinski definition) is 0. The molecule has 3 heterocycles. The normalized spacial score (nSPS) is 27.5. The van der Waals surface area contributed by atoms with Crippen LogP contribution in [0.4, 0.5) is 0 Å². The molecule has 0 unspecified atom stereocenters. The zero-order valence-electron chi connectivity index (χ0n) is 13.5. The van der Waals surface area contributed by atoms with Crippen LogP contribution < -0.4 is 0 Å². The maximum absolute atomic E-state index is 13.4. The second-order valence-corrected chi connectivity index (χ2v) is 7.00. The first-order chi connectivity index (χ1) is 11.6. The Kier molecular flexibility index (Phi) is 2.57. The fourth-order valence-electron chi connectivity index (χ4n) is 4.63. The number of hydrogen-bond acceptors (Lipinski definition) is 2. The lowest BCUT2D eigenvalue weighted by molar-refractivity contribution is -0.153. The van der Waals surface area contributed by atoms with Gasteiger partial charge < -0.3 is 9.80 Å². The predicted octanol–water partition coefficient (Wildman–Crippen LogP) is 2.50. The van der Waals surface area contributed by atoms with Crippen LogP contribution in [0.15, 0.2) is 48.5 Å². The molecular weight excluding hydrogens is 300 g/mol. The summed E-state index contributed by atoms with van der Waals surface area (Å²) < 4.78 is 0. The third-order valence-electron chi connectivity index (χ3n) is 5.91. The molecule has 0 N–H and O–H groups in total. The fourth-order valence-corrected chi connectivity index (χ4v) is 4.63. The van der Waals surface area contributed by atoms with Crippen LogP contribution >= 0.6 is 0 Å². The molecule has 0 bridgehead atoms. The number of amides is 2. The second-order valence-electron chi connectivity index (χ2n) is 7.00. The van der Waals surface area contributed by atoms with Gasteiger partial charge in [0.15, 0.2) is 0 Å². The lowest BCUT2D eigenvalue weighted by atomic mass is 9.83. The number of rotatable bonds is 0. The fraction of sp³-hybridized carbons (Fsp3) is 0.300. The molecule has 4 nitrogen and oxygen atoms in total. The average Bonchev–Trinajstić information content (AvgIpc) is 2.85. The largest absolute Gasteiger partial charge is 0.331 e. The zero-order valence-corrected chi connectivity index (χ0v) is 13.5. The quantitative estimate of drug-likeness (QED) is 0.749. The average molecular weight is 318 g/mol. The van der Waals surface area contributed by atoms with Crippen LogP contribution in [0.3, 0.4) is 0 Å². The van der Waals surface area contributed by atoms with Crippen LogP contribution in [0.5, 0.6) is 0 Å². The van der Waals surface area contributed by atoms with E-state index in [9.17, 15) is 9.59 Å². The van der Waals surface area contributed by atoms with Gasteiger partial charge in [-0.05, 0) is 36.1 Å². The summed E-state index contributed by atoms with van der Waals surface area (Å²) in [5.41, 5.74) is 3.12. The lowest BCUT2D eigenvalue weighted by Gasteiger charge is -2.50. The molecule has 120 valence electrons. The van der Waals surface area contributed by atoms with Crippen molar-refractivity contribution in [1.82, 2.24) is 9.80 Å². The SMILES string of the molecule is C[C@]12C(=O)N3CCc4ccccc4[C@H]3CN1C(=O)c1ccccc12. The molecule has 24 heavy (non-hydrogen) atoms. The summed E-state index contributed by atoms with van der Waals surface area (Å²) in [5.74, 6) is 0.0238. The maximum Gasteiger partial charge on any atom is 0.255 e. The summed E-state index contributed by atoms with van der Waals surface area (Å²) in [6.45, 7) is 3.18. The van der Waals surface area contributed by atoms with E-state index in [-0.39, 0.29) is 17.9 Å². The van der Waals surface area contributed by atoms with Gasteiger partial charge in [-0.3, -0.25) is 9.59 Å². The molecular formula is C20H18N2O2.